The first-order valence-corrected chi connectivity index (χ1v) is 6.36. The van der Waals surface area contributed by atoms with Gasteiger partial charge in [0.2, 0.25) is 0 Å². The van der Waals surface area contributed by atoms with Gasteiger partial charge in [0.1, 0.15) is 0 Å². The van der Waals surface area contributed by atoms with E-state index in [1.807, 2.05) is 30.3 Å². The largest absolute Gasteiger partial charge is 0.270 e. The summed E-state index contributed by atoms with van der Waals surface area (Å²) >= 11 is 0. The van der Waals surface area contributed by atoms with Crippen LogP contribution in [0.2, 0.25) is 0 Å². The third-order valence-corrected chi connectivity index (χ3v) is 3.06. The Kier molecular flexibility index (Phi) is 3.39. The molecule has 0 bridgehead atoms. The van der Waals surface area contributed by atoms with Gasteiger partial charge in [-0.15, -0.1) is 0 Å². The van der Waals surface area contributed by atoms with Crippen LogP contribution in [0, 0.1) is 10.1 Å². The standard InChI is InChI=1S/C16H11N3O2/c20-19(21)13-5-1-4-12(10-13)11-18-16-8-2-7-15-14(16)6-3-9-17-15/h1-11H. The lowest BCUT2D eigenvalue weighted by molar-refractivity contribution is -0.384. The van der Waals surface area contributed by atoms with E-state index in [0.717, 1.165) is 16.6 Å². The molecule has 5 heteroatoms. The van der Waals surface area contributed by atoms with Crippen molar-refractivity contribution in [1.82, 2.24) is 4.98 Å². The van der Waals surface area contributed by atoms with Crippen LogP contribution in [0.3, 0.4) is 0 Å². The Morgan fingerprint density at radius 2 is 1.95 bits per heavy atom. The van der Waals surface area contributed by atoms with Crippen molar-refractivity contribution in [3.8, 4) is 0 Å². The lowest BCUT2D eigenvalue weighted by atomic mass is 10.2. The topological polar surface area (TPSA) is 68.4 Å². The molecule has 3 rings (SSSR count). The average Bonchev–Trinajstić information content (AvgIpc) is 2.53. The maximum absolute atomic E-state index is 10.8. The molecule has 0 saturated heterocycles. The van der Waals surface area contributed by atoms with E-state index < -0.39 is 4.92 Å². The number of hydrogen-bond donors (Lipinski definition) is 0. The maximum atomic E-state index is 10.8. The molecule has 1 aromatic heterocycles. The number of nitro benzene ring substituents is 1. The highest BCUT2D eigenvalue weighted by atomic mass is 16.6. The van der Waals surface area contributed by atoms with Crippen molar-refractivity contribution >= 4 is 28.5 Å². The van der Waals surface area contributed by atoms with Gasteiger partial charge < -0.3 is 0 Å². The number of aromatic nitrogens is 1. The molecule has 0 spiro atoms. The first-order valence-electron chi connectivity index (χ1n) is 6.36. The Morgan fingerprint density at radius 1 is 1.10 bits per heavy atom. The first kappa shape index (κ1) is 12.9. The Morgan fingerprint density at radius 3 is 2.81 bits per heavy atom. The Hall–Kier alpha value is -3.08. The summed E-state index contributed by atoms with van der Waals surface area (Å²) in [5.41, 5.74) is 2.39. The number of nitrogens with zero attached hydrogens (tertiary/aromatic N) is 3. The second-order valence-corrected chi connectivity index (χ2v) is 4.46. The van der Waals surface area contributed by atoms with Gasteiger partial charge in [-0.25, -0.2) is 0 Å². The molecule has 0 N–H and O–H groups in total. The van der Waals surface area contributed by atoms with Crippen LogP contribution in [0.5, 0.6) is 0 Å². The molecule has 0 unspecified atom stereocenters. The summed E-state index contributed by atoms with van der Waals surface area (Å²) in [5, 5.41) is 11.7. The van der Waals surface area contributed by atoms with Crippen LogP contribution in [0.25, 0.3) is 10.9 Å². The van der Waals surface area contributed by atoms with Crippen molar-refractivity contribution in [3.63, 3.8) is 0 Å². The summed E-state index contributed by atoms with van der Waals surface area (Å²) in [5.74, 6) is 0. The SMILES string of the molecule is O=[N+]([O-])c1cccc(C=Nc2cccc3ncccc23)c1. The number of benzene rings is 2. The molecule has 102 valence electrons. The minimum atomic E-state index is -0.417. The molecule has 0 fully saturated rings. The summed E-state index contributed by atoms with van der Waals surface area (Å²) in [6, 6.07) is 15.9. The molecule has 21 heavy (non-hydrogen) atoms. The summed E-state index contributed by atoms with van der Waals surface area (Å²) in [4.78, 5) is 19.0. The molecule has 2 aromatic carbocycles. The Labute approximate surface area is 120 Å². The number of aliphatic imine (C=N–C) groups is 1. The number of nitro groups is 1. The van der Waals surface area contributed by atoms with Crippen molar-refractivity contribution < 1.29 is 4.92 Å². The molecule has 1 heterocycles. The van der Waals surface area contributed by atoms with Crippen molar-refractivity contribution in [2.24, 2.45) is 4.99 Å². The van der Waals surface area contributed by atoms with E-state index in [9.17, 15) is 10.1 Å². The maximum Gasteiger partial charge on any atom is 0.270 e. The predicted octanol–water partition coefficient (Wildman–Crippen LogP) is 3.89. The highest BCUT2D eigenvalue weighted by Gasteiger charge is 2.04. The van der Waals surface area contributed by atoms with Crippen molar-refractivity contribution in [2.75, 3.05) is 0 Å². The number of hydrogen-bond acceptors (Lipinski definition) is 4. The lowest BCUT2D eigenvalue weighted by Crippen LogP contribution is -1.89. The molecule has 0 aliphatic carbocycles. The highest BCUT2D eigenvalue weighted by Crippen LogP contribution is 2.24. The number of pyridine rings is 1. The van der Waals surface area contributed by atoms with E-state index in [-0.39, 0.29) is 5.69 Å². The van der Waals surface area contributed by atoms with Crippen LogP contribution >= 0.6 is 0 Å². The van der Waals surface area contributed by atoms with Gasteiger partial charge in [-0.05, 0) is 29.8 Å². The van der Waals surface area contributed by atoms with E-state index in [4.69, 9.17) is 0 Å². The van der Waals surface area contributed by atoms with Crippen molar-refractivity contribution in [3.05, 3.63) is 76.5 Å². The summed E-state index contributed by atoms with van der Waals surface area (Å²) in [6.07, 6.45) is 3.35. The molecule has 0 aliphatic heterocycles. The predicted molar refractivity (Wildman–Crippen MR) is 82.1 cm³/mol. The molecule has 0 aliphatic rings. The molecule has 0 atom stereocenters. The van der Waals surface area contributed by atoms with Crippen LogP contribution in [-0.2, 0) is 0 Å². The van der Waals surface area contributed by atoms with E-state index in [1.165, 1.54) is 12.1 Å². The van der Waals surface area contributed by atoms with Gasteiger partial charge in [-0.1, -0.05) is 18.2 Å². The van der Waals surface area contributed by atoms with Gasteiger partial charge >= 0.3 is 0 Å². The highest BCUT2D eigenvalue weighted by molar-refractivity contribution is 5.93. The third-order valence-electron chi connectivity index (χ3n) is 3.06. The Bertz CT molecular complexity index is 838. The zero-order valence-corrected chi connectivity index (χ0v) is 11.0. The van der Waals surface area contributed by atoms with Crippen molar-refractivity contribution in [1.29, 1.82) is 0 Å². The van der Waals surface area contributed by atoms with Crippen LogP contribution in [0.4, 0.5) is 11.4 Å². The monoisotopic (exact) mass is 277 g/mol. The zero-order chi connectivity index (χ0) is 14.7. The molecule has 0 saturated carbocycles. The van der Waals surface area contributed by atoms with Gasteiger partial charge in [0.05, 0.1) is 16.1 Å². The van der Waals surface area contributed by atoms with Crippen LogP contribution in [0.15, 0.2) is 65.8 Å². The lowest BCUT2D eigenvalue weighted by Gasteiger charge is -2.00. The smallest absolute Gasteiger partial charge is 0.258 e. The van der Waals surface area contributed by atoms with E-state index in [1.54, 1.807) is 24.5 Å². The molecular weight excluding hydrogens is 266 g/mol. The van der Waals surface area contributed by atoms with Gasteiger partial charge in [-0.3, -0.25) is 20.1 Å². The fourth-order valence-corrected chi connectivity index (χ4v) is 2.06. The fourth-order valence-electron chi connectivity index (χ4n) is 2.06. The Balaban J connectivity index is 1.98. The second-order valence-electron chi connectivity index (χ2n) is 4.46. The van der Waals surface area contributed by atoms with E-state index >= 15 is 0 Å². The molecule has 3 aromatic rings. The number of fused-ring (bicyclic) bond motifs is 1. The summed E-state index contributed by atoms with van der Waals surface area (Å²) < 4.78 is 0. The van der Waals surface area contributed by atoms with Gasteiger partial charge in [0.25, 0.3) is 5.69 Å². The molecule has 0 radical (unpaired) electrons. The molecule has 5 nitrogen and oxygen atoms in total. The fraction of sp³-hybridized carbons (Fsp3) is 0. The minimum Gasteiger partial charge on any atom is -0.258 e. The molecule has 0 amide bonds. The quantitative estimate of drug-likeness (QED) is 0.414. The summed E-state index contributed by atoms with van der Waals surface area (Å²) in [6.45, 7) is 0. The van der Waals surface area contributed by atoms with Gasteiger partial charge in [0.15, 0.2) is 0 Å². The zero-order valence-electron chi connectivity index (χ0n) is 11.0. The van der Waals surface area contributed by atoms with Gasteiger partial charge in [0, 0.05) is 29.9 Å². The number of rotatable bonds is 3. The second kappa shape index (κ2) is 5.50. The average molecular weight is 277 g/mol. The van der Waals surface area contributed by atoms with Crippen LogP contribution in [-0.4, -0.2) is 16.1 Å². The van der Waals surface area contributed by atoms with E-state index in [0.29, 0.717) is 5.56 Å². The van der Waals surface area contributed by atoms with Gasteiger partial charge in [-0.2, -0.15) is 0 Å². The molecular formula is C16H11N3O2. The third kappa shape index (κ3) is 2.76. The van der Waals surface area contributed by atoms with Crippen LogP contribution < -0.4 is 0 Å². The van der Waals surface area contributed by atoms with Crippen LogP contribution in [0.1, 0.15) is 5.56 Å². The summed E-state index contributed by atoms with van der Waals surface area (Å²) in [7, 11) is 0. The minimum absolute atomic E-state index is 0.0542. The normalized spacial score (nSPS) is 11.0. The first-order chi connectivity index (χ1) is 10.2. The number of non-ortho nitro benzene ring substituents is 1. The van der Waals surface area contributed by atoms with E-state index in [2.05, 4.69) is 9.98 Å². The van der Waals surface area contributed by atoms with Crippen molar-refractivity contribution in [2.45, 2.75) is 0 Å².